The monoisotopic (exact) mass is 389 g/mol. The largest absolute Gasteiger partial charge is 0.394 e. The van der Waals surface area contributed by atoms with Crippen LogP contribution in [0, 0.1) is 0 Å². The van der Waals surface area contributed by atoms with E-state index in [1.807, 2.05) is 17.7 Å². The van der Waals surface area contributed by atoms with Crippen molar-refractivity contribution in [2.75, 3.05) is 12.3 Å². The number of imidazole rings is 2. The molecule has 0 saturated carbocycles. The lowest BCUT2D eigenvalue weighted by atomic mass is 10.1. The molecule has 0 spiro atoms. The molecule has 1 fully saturated rings. The highest BCUT2D eigenvalue weighted by Crippen LogP contribution is 2.36. The van der Waals surface area contributed by atoms with Crippen molar-refractivity contribution in [1.82, 2.24) is 29.1 Å². The van der Waals surface area contributed by atoms with Gasteiger partial charge in [-0.15, -0.1) is 0 Å². The van der Waals surface area contributed by atoms with Crippen LogP contribution >= 0.6 is 0 Å². The molecule has 1 saturated heterocycles. The average Bonchev–Trinajstić information content (AvgIpc) is 3.42. The van der Waals surface area contributed by atoms with Gasteiger partial charge in [-0.3, -0.25) is 4.57 Å². The van der Waals surface area contributed by atoms with E-state index in [4.69, 9.17) is 15.2 Å². The Balaban J connectivity index is 1.69. The molecule has 3 aromatic rings. The zero-order valence-electron chi connectivity index (χ0n) is 15.4. The normalized spacial score (nSPS) is 26.1. The van der Waals surface area contributed by atoms with E-state index in [-0.39, 0.29) is 18.7 Å². The van der Waals surface area contributed by atoms with Gasteiger partial charge >= 0.3 is 0 Å². The van der Waals surface area contributed by atoms with Gasteiger partial charge in [0, 0.05) is 12.4 Å². The lowest BCUT2D eigenvalue weighted by Gasteiger charge is -2.28. The minimum absolute atomic E-state index is 0.251. The smallest absolute Gasteiger partial charge is 0.167 e. The van der Waals surface area contributed by atoms with Crippen molar-refractivity contribution in [3.8, 4) is 0 Å². The van der Waals surface area contributed by atoms with Crippen molar-refractivity contribution in [3.05, 3.63) is 31.4 Å². The third kappa shape index (κ3) is 3.22. The molecule has 11 nitrogen and oxygen atoms in total. The number of aliphatic hydroxyl groups excluding tert-OH is 2. The van der Waals surface area contributed by atoms with E-state index >= 15 is 0 Å². The number of aliphatic hydroxyl groups is 2. The van der Waals surface area contributed by atoms with Crippen molar-refractivity contribution in [2.24, 2.45) is 0 Å². The van der Waals surface area contributed by atoms with Crippen LogP contribution in [0.15, 0.2) is 31.4 Å². The molecule has 28 heavy (non-hydrogen) atoms. The van der Waals surface area contributed by atoms with Gasteiger partial charge in [0.1, 0.15) is 36.4 Å². The molecule has 1 aliphatic rings. The Labute approximate surface area is 160 Å². The maximum atomic E-state index is 10.7. The van der Waals surface area contributed by atoms with Gasteiger partial charge in [-0.05, 0) is 6.42 Å². The fraction of sp³-hybridized carbons (Fsp3) is 0.529. The minimum atomic E-state index is -1.03. The maximum absolute atomic E-state index is 10.7. The number of fused-ring (bicyclic) bond motifs is 1. The summed E-state index contributed by atoms with van der Waals surface area (Å²) in [5.74, 6) is 0.251. The average molecular weight is 389 g/mol. The predicted octanol–water partition coefficient (Wildman–Crippen LogP) is 0.240. The van der Waals surface area contributed by atoms with Gasteiger partial charge in [-0.1, -0.05) is 13.3 Å². The topological polar surface area (TPSA) is 146 Å². The van der Waals surface area contributed by atoms with Crippen LogP contribution < -0.4 is 5.73 Å². The SMILES string of the molecule is CCCC(OC1C(O)[C@@H](CO)O[C@H]1n1cnc2c(N)ncnc21)n1ccnc1. The van der Waals surface area contributed by atoms with Gasteiger partial charge in [0.25, 0.3) is 0 Å². The van der Waals surface area contributed by atoms with Gasteiger partial charge in [0.05, 0.1) is 19.3 Å². The van der Waals surface area contributed by atoms with Crippen molar-refractivity contribution in [3.63, 3.8) is 0 Å². The van der Waals surface area contributed by atoms with E-state index in [9.17, 15) is 10.2 Å². The van der Waals surface area contributed by atoms with Crippen LogP contribution in [-0.2, 0) is 9.47 Å². The summed E-state index contributed by atoms with van der Waals surface area (Å²) in [4.78, 5) is 16.5. The fourth-order valence-electron chi connectivity index (χ4n) is 3.45. The zero-order valence-corrected chi connectivity index (χ0v) is 15.4. The van der Waals surface area contributed by atoms with Crippen LogP contribution in [0.4, 0.5) is 5.82 Å². The number of anilines is 1. The number of rotatable bonds is 7. The molecule has 0 radical (unpaired) electrons. The molecule has 4 rings (SSSR count). The summed E-state index contributed by atoms with van der Waals surface area (Å²) in [5.41, 5.74) is 6.77. The summed E-state index contributed by atoms with van der Waals surface area (Å²) < 4.78 is 15.7. The first-order chi connectivity index (χ1) is 13.6. The number of aromatic nitrogens is 6. The number of ether oxygens (including phenoxy) is 2. The molecule has 0 bridgehead atoms. The van der Waals surface area contributed by atoms with E-state index in [1.165, 1.54) is 12.7 Å². The molecule has 4 heterocycles. The highest BCUT2D eigenvalue weighted by molar-refractivity contribution is 5.81. The Kier molecular flexibility index (Phi) is 5.22. The van der Waals surface area contributed by atoms with Gasteiger partial charge in [-0.2, -0.15) is 0 Å². The summed E-state index contributed by atoms with van der Waals surface area (Å²) in [7, 11) is 0. The van der Waals surface area contributed by atoms with E-state index in [0.29, 0.717) is 11.2 Å². The first-order valence-electron chi connectivity index (χ1n) is 9.14. The van der Waals surface area contributed by atoms with Crippen molar-refractivity contribution >= 4 is 17.0 Å². The van der Waals surface area contributed by atoms with Crippen LogP contribution in [0.5, 0.6) is 0 Å². The Morgan fingerprint density at radius 3 is 2.89 bits per heavy atom. The van der Waals surface area contributed by atoms with Crippen molar-refractivity contribution < 1.29 is 19.7 Å². The number of hydrogen-bond donors (Lipinski definition) is 3. The summed E-state index contributed by atoms with van der Waals surface area (Å²) in [5, 5.41) is 20.4. The van der Waals surface area contributed by atoms with E-state index in [0.717, 1.165) is 12.8 Å². The number of nitrogens with zero attached hydrogens (tertiary/aromatic N) is 6. The molecule has 0 amide bonds. The highest BCUT2D eigenvalue weighted by atomic mass is 16.6. The Morgan fingerprint density at radius 1 is 1.32 bits per heavy atom. The lowest BCUT2D eigenvalue weighted by Crippen LogP contribution is -2.37. The summed E-state index contributed by atoms with van der Waals surface area (Å²) in [6.45, 7) is 1.71. The Bertz CT molecular complexity index is 916. The zero-order chi connectivity index (χ0) is 19.7. The lowest BCUT2D eigenvalue weighted by molar-refractivity contribution is -0.127. The summed E-state index contributed by atoms with van der Waals surface area (Å²) >= 11 is 0. The van der Waals surface area contributed by atoms with Gasteiger partial charge < -0.3 is 30.0 Å². The van der Waals surface area contributed by atoms with Crippen molar-refractivity contribution in [2.45, 2.75) is 50.5 Å². The molecular formula is C17H23N7O4. The van der Waals surface area contributed by atoms with Crippen LogP contribution in [0.25, 0.3) is 11.2 Å². The molecule has 1 aliphatic heterocycles. The molecule has 5 atom stereocenters. The first kappa shape index (κ1) is 18.7. The van der Waals surface area contributed by atoms with Gasteiger partial charge in [0.2, 0.25) is 0 Å². The van der Waals surface area contributed by atoms with E-state index in [2.05, 4.69) is 19.9 Å². The molecule has 11 heteroatoms. The standard InChI is InChI=1S/C17H23N7O4/c1-2-3-11(23-5-4-19-8-23)28-14-13(26)10(6-25)27-17(14)24-9-22-12-15(18)20-7-21-16(12)24/h4-5,7-11,13-14,17,25-26H,2-3,6H2,1H3,(H2,18,20,21)/t10-,11?,13?,14?,17-/m1/s1. The highest BCUT2D eigenvalue weighted by Gasteiger charge is 2.47. The fourth-order valence-corrected chi connectivity index (χ4v) is 3.45. The molecule has 4 N–H and O–H groups in total. The van der Waals surface area contributed by atoms with Crippen LogP contribution in [0.1, 0.15) is 32.2 Å². The maximum Gasteiger partial charge on any atom is 0.167 e. The summed E-state index contributed by atoms with van der Waals surface area (Å²) in [6.07, 6.45) is 5.93. The predicted molar refractivity (Wildman–Crippen MR) is 97.8 cm³/mol. The number of nitrogen functional groups attached to an aromatic ring is 1. The molecule has 0 aromatic carbocycles. The van der Waals surface area contributed by atoms with Crippen LogP contribution in [-0.4, -0.2) is 64.2 Å². The second kappa shape index (κ2) is 7.80. The van der Waals surface area contributed by atoms with Crippen LogP contribution in [0.3, 0.4) is 0 Å². The van der Waals surface area contributed by atoms with Crippen LogP contribution in [0.2, 0.25) is 0 Å². The van der Waals surface area contributed by atoms with Gasteiger partial charge in [0.15, 0.2) is 17.7 Å². The van der Waals surface area contributed by atoms with E-state index in [1.54, 1.807) is 17.1 Å². The molecular weight excluding hydrogens is 366 g/mol. The second-order valence-electron chi connectivity index (χ2n) is 6.68. The van der Waals surface area contributed by atoms with E-state index < -0.39 is 24.5 Å². The Hall–Kier alpha value is -2.60. The first-order valence-corrected chi connectivity index (χ1v) is 9.14. The third-order valence-electron chi connectivity index (χ3n) is 4.86. The minimum Gasteiger partial charge on any atom is -0.394 e. The third-order valence-corrected chi connectivity index (χ3v) is 4.86. The number of nitrogens with two attached hydrogens (primary N) is 1. The summed E-state index contributed by atoms with van der Waals surface area (Å²) in [6, 6.07) is 0. The number of hydrogen-bond acceptors (Lipinski definition) is 9. The van der Waals surface area contributed by atoms with Crippen molar-refractivity contribution in [1.29, 1.82) is 0 Å². The molecule has 0 aliphatic carbocycles. The second-order valence-corrected chi connectivity index (χ2v) is 6.68. The quantitative estimate of drug-likeness (QED) is 0.517. The van der Waals surface area contributed by atoms with Gasteiger partial charge in [-0.25, -0.2) is 19.9 Å². The molecule has 3 aromatic heterocycles. The molecule has 3 unspecified atom stereocenters. The Morgan fingerprint density at radius 2 is 2.18 bits per heavy atom. The molecule has 150 valence electrons.